The number of rotatable bonds is 6. The fraction of sp³-hybridized carbons (Fsp3) is 0.700. The van der Waals surface area contributed by atoms with Crippen LogP contribution in [0.15, 0.2) is 6.07 Å². The fourth-order valence-corrected chi connectivity index (χ4v) is 3.58. The summed E-state index contributed by atoms with van der Waals surface area (Å²) in [4.78, 5) is 0. The molecule has 108 valence electrons. The Morgan fingerprint density at radius 2 is 2.00 bits per heavy atom. The third-order valence-corrected chi connectivity index (χ3v) is 4.86. The first-order chi connectivity index (χ1) is 8.73. The summed E-state index contributed by atoms with van der Waals surface area (Å²) in [5.74, 6) is -0.104. The smallest absolute Gasteiger partial charge is 0.307 e. The van der Waals surface area contributed by atoms with Crippen molar-refractivity contribution in [3.63, 3.8) is 0 Å². The summed E-state index contributed by atoms with van der Waals surface area (Å²) in [5, 5.41) is 3.77. The van der Waals surface area contributed by atoms with Crippen LogP contribution in [0.2, 0.25) is 0 Å². The van der Waals surface area contributed by atoms with E-state index in [0.29, 0.717) is 12.1 Å². The maximum Gasteiger partial charge on any atom is 0.307 e. The van der Waals surface area contributed by atoms with Crippen molar-refractivity contribution in [2.24, 2.45) is 0 Å². The van der Waals surface area contributed by atoms with Gasteiger partial charge in [-0.2, -0.15) is 12.5 Å². The van der Waals surface area contributed by atoms with Gasteiger partial charge >= 0.3 is 10.1 Å². The van der Waals surface area contributed by atoms with Gasteiger partial charge in [0, 0.05) is 12.0 Å². The topological polar surface area (TPSA) is 95.3 Å². The van der Waals surface area contributed by atoms with E-state index in [-0.39, 0.29) is 17.6 Å². The van der Waals surface area contributed by atoms with Gasteiger partial charge in [-0.3, -0.25) is 0 Å². The Kier molecular flexibility index (Phi) is 3.61. The van der Waals surface area contributed by atoms with Crippen molar-refractivity contribution in [3.05, 3.63) is 11.8 Å². The van der Waals surface area contributed by atoms with E-state index in [0.717, 1.165) is 23.2 Å². The molecule has 9 heteroatoms. The highest BCUT2D eigenvalue weighted by Gasteiger charge is 2.32. The molecule has 7 nitrogen and oxygen atoms in total. The van der Waals surface area contributed by atoms with Gasteiger partial charge in [0.15, 0.2) is 0 Å². The van der Waals surface area contributed by atoms with Crippen LogP contribution in [0.25, 0.3) is 0 Å². The van der Waals surface area contributed by atoms with E-state index in [2.05, 4.69) is 9.28 Å². The molecule has 0 radical (unpaired) electrons. The van der Waals surface area contributed by atoms with Gasteiger partial charge < -0.3 is 4.18 Å². The van der Waals surface area contributed by atoms with Crippen molar-refractivity contribution in [3.8, 4) is 5.88 Å². The molecule has 1 aliphatic carbocycles. The number of hydrogen-bond acceptors (Lipinski definition) is 6. The Morgan fingerprint density at radius 1 is 1.37 bits per heavy atom. The molecule has 1 saturated carbocycles. The van der Waals surface area contributed by atoms with E-state index in [1.165, 1.54) is 6.07 Å². The van der Waals surface area contributed by atoms with Gasteiger partial charge in [0.25, 0.3) is 15.9 Å². The highest BCUT2D eigenvalue weighted by atomic mass is 32.2. The molecule has 0 N–H and O–H groups in total. The van der Waals surface area contributed by atoms with E-state index < -0.39 is 20.1 Å². The predicted octanol–water partition coefficient (Wildman–Crippen LogP) is 0.687. The van der Waals surface area contributed by atoms with Crippen LogP contribution >= 0.6 is 0 Å². The first-order valence-corrected chi connectivity index (χ1v) is 9.38. The van der Waals surface area contributed by atoms with Crippen molar-refractivity contribution in [1.82, 2.24) is 9.19 Å². The summed E-state index contributed by atoms with van der Waals surface area (Å²) in [7, 11) is -7.26. The van der Waals surface area contributed by atoms with E-state index in [9.17, 15) is 16.8 Å². The van der Waals surface area contributed by atoms with E-state index in [4.69, 9.17) is 0 Å². The lowest BCUT2D eigenvalue weighted by Gasteiger charge is -2.06. The lowest BCUT2D eigenvalue weighted by atomic mass is 10.3. The normalized spacial score (nSPS) is 16.5. The average Bonchev–Trinajstić information content (AvgIpc) is 2.98. The molecule has 1 aromatic heterocycles. The second kappa shape index (κ2) is 4.78. The number of hydrogen-bond donors (Lipinski definition) is 0. The number of aromatic nitrogens is 2. The van der Waals surface area contributed by atoms with Crippen LogP contribution in [-0.2, 0) is 20.1 Å². The summed E-state index contributed by atoms with van der Waals surface area (Å²) in [6.07, 6.45) is 3.12. The molecule has 19 heavy (non-hydrogen) atoms. The lowest BCUT2D eigenvalue weighted by Crippen LogP contribution is -2.20. The molecule has 0 amide bonds. The highest BCUT2D eigenvalue weighted by Crippen LogP contribution is 2.41. The Morgan fingerprint density at radius 3 is 2.47 bits per heavy atom. The van der Waals surface area contributed by atoms with Crippen molar-refractivity contribution < 1.29 is 21.0 Å². The molecule has 1 heterocycles. The summed E-state index contributed by atoms with van der Waals surface area (Å²) in [6.45, 7) is 1.76. The lowest BCUT2D eigenvalue weighted by molar-refractivity contribution is 0.479. The third-order valence-electron chi connectivity index (χ3n) is 2.64. The minimum Gasteiger partial charge on any atom is -0.360 e. The van der Waals surface area contributed by atoms with Crippen LogP contribution in [0.1, 0.15) is 37.8 Å². The monoisotopic (exact) mass is 308 g/mol. The third kappa shape index (κ3) is 3.47. The Bertz CT molecular complexity index is 671. The van der Waals surface area contributed by atoms with Crippen LogP contribution in [0, 0.1) is 0 Å². The molecule has 0 unspecified atom stereocenters. The van der Waals surface area contributed by atoms with Gasteiger partial charge in [-0.05, 0) is 19.3 Å². The fourth-order valence-electron chi connectivity index (χ4n) is 1.77. The SMILES string of the molecule is CCCS(=O)(=O)n1nc(OS(C)(=O)=O)cc1C1CC1. The second-order valence-corrected chi connectivity index (χ2v) is 8.12. The van der Waals surface area contributed by atoms with E-state index >= 15 is 0 Å². The summed E-state index contributed by atoms with van der Waals surface area (Å²) in [5.41, 5.74) is 0.507. The minimum atomic E-state index is -3.71. The average molecular weight is 308 g/mol. The standard InChI is InChI=1S/C10H16N2O5S2/c1-3-6-19(15,16)12-9(8-4-5-8)7-10(11-12)17-18(2,13)14/h7-8H,3-6H2,1-2H3. The van der Waals surface area contributed by atoms with Crippen molar-refractivity contribution in [1.29, 1.82) is 0 Å². The van der Waals surface area contributed by atoms with E-state index in [1.807, 2.05) is 0 Å². The highest BCUT2D eigenvalue weighted by molar-refractivity contribution is 7.89. The van der Waals surface area contributed by atoms with Gasteiger partial charge in [-0.1, -0.05) is 6.92 Å². The molecule has 1 aromatic rings. The Labute approximate surface area is 112 Å². The first-order valence-electron chi connectivity index (χ1n) is 5.95. The molecule has 0 bridgehead atoms. The molecule has 0 aliphatic heterocycles. The van der Waals surface area contributed by atoms with Gasteiger partial charge in [0.2, 0.25) is 0 Å². The maximum absolute atomic E-state index is 12.1. The Balaban J connectivity index is 2.42. The van der Waals surface area contributed by atoms with Crippen LogP contribution in [0.4, 0.5) is 0 Å². The van der Waals surface area contributed by atoms with Gasteiger partial charge in [-0.15, -0.1) is 5.10 Å². The van der Waals surface area contributed by atoms with Crippen LogP contribution in [0.3, 0.4) is 0 Å². The summed E-state index contributed by atoms with van der Waals surface area (Å²) < 4.78 is 51.8. The molecular weight excluding hydrogens is 292 g/mol. The predicted molar refractivity (Wildman–Crippen MR) is 69.1 cm³/mol. The zero-order valence-electron chi connectivity index (χ0n) is 10.7. The molecule has 0 saturated heterocycles. The van der Waals surface area contributed by atoms with Crippen molar-refractivity contribution in [2.75, 3.05) is 12.0 Å². The zero-order chi connectivity index (χ0) is 14.3. The second-order valence-electron chi connectivity index (χ2n) is 4.63. The van der Waals surface area contributed by atoms with E-state index in [1.54, 1.807) is 6.92 Å². The molecule has 0 spiro atoms. The Hall–Kier alpha value is -1.09. The summed E-state index contributed by atoms with van der Waals surface area (Å²) >= 11 is 0. The molecule has 0 atom stereocenters. The molecule has 1 aliphatic rings. The largest absolute Gasteiger partial charge is 0.360 e. The van der Waals surface area contributed by atoms with Crippen LogP contribution < -0.4 is 4.18 Å². The minimum absolute atomic E-state index is 0.0350. The molecule has 1 fully saturated rings. The molecule has 0 aromatic carbocycles. The van der Waals surface area contributed by atoms with Gasteiger partial charge in [0.1, 0.15) is 0 Å². The first kappa shape index (κ1) is 14.3. The molecule has 2 rings (SSSR count). The summed E-state index contributed by atoms with van der Waals surface area (Å²) in [6, 6.07) is 1.39. The number of nitrogens with zero attached hydrogens (tertiary/aromatic N) is 2. The quantitative estimate of drug-likeness (QED) is 0.717. The molecular formula is C10H16N2O5S2. The van der Waals surface area contributed by atoms with Gasteiger partial charge in [0.05, 0.1) is 17.7 Å². The van der Waals surface area contributed by atoms with Crippen LogP contribution in [0.5, 0.6) is 5.88 Å². The van der Waals surface area contributed by atoms with Crippen molar-refractivity contribution in [2.45, 2.75) is 32.1 Å². The van der Waals surface area contributed by atoms with Gasteiger partial charge in [-0.25, -0.2) is 8.42 Å². The zero-order valence-corrected chi connectivity index (χ0v) is 12.4. The van der Waals surface area contributed by atoms with Crippen LogP contribution in [-0.4, -0.2) is 38.0 Å². The maximum atomic E-state index is 12.1. The van der Waals surface area contributed by atoms with Crippen molar-refractivity contribution >= 4 is 20.1 Å².